The van der Waals surface area contributed by atoms with E-state index in [0.29, 0.717) is 0 Å². The van der Waals surface area contributed by atoms with Gasteiger partial charge in [0.15, 0.2) is 0 Å². The number of hydrogen-bond acceptors (Lipinski definition) is 5. The molecule has 0 spiro atoms. The minimum Gasteiger partial charge on any atom is -0.481 e. The number of aliphatic carboxylic acids is 1. The van der Waals surface area contributed by atoms with Crippen LogP contribution in [0.5, 0.6) is 0 Å². The number of benzene rings is 1. The van der Waals surface area contributed by atoms with Gasteiger partial charge in [-0.1, -0.05) is 6.07 Å². The smallest absolute Gasteiger partial charge is 0.310 e. The van der Waals surface area contributed by atoms with E-state index in [1.807, 2.05) is 0 Å². The molecular weight excluding hydrogens is 249 g/mol. The minimum absolute atomic E-state index is 0.464. The number of para-hydroxylation sites is 1. The van der Waals surface area contributed by atoms with Gasteiger partial charge in [-0.25, -0.2) is 0 Å². The van der Waals surface area contributed by atoms with Crippen LogP contribution in [0.15, 0.2) is 18.2 Å². The average molecular weight is 259 g/mol. The predicted octanol–water partition coefficient (Wildman–Crippen LogP) is 0.603. The van der Waals surface area contributed by atoms with Gasteiger partial charge in [-0.05, 0) is 12.1 Å². The van der Waals surface area contributed by atoms with Crippen molar-refractivity contribution in [2.45, 2.75) is 18.6 Å². The molecule has 0 heterocycles. The quantitative estimate of drug-likeness (QED) is 0.526. The van der Waals surface area contributed by atoms with Crippen LogP contribution in [0.2, 0.25) is 0 Å². The third-order valence-corrected chi connectivity index (χ3v) is 2.27. The number of nitro groups is 1. The van der Waals surface area contributed by atoms with Crippen LogP contribution < -0.4 is 0 Å². The first-order chi connectivity index (χ1) is 8.34. The van der Waals surface area contributed by atoms with Gasteiger partial charge in [0, 0.05) is 0 Å². The Morgan fingerprint density at radius 3 is 2.56 bits per heavy atom. The third kappa shape index (κ3) is 2.99. The van der Waals surface area contributed by atoms with Crippen molar-refractivity contribution in [3.63, 3.8) is 0 Å². The number of hydrogen-bond donors (Lipinski definition) is 3. The molecule has 1 rings (SSSR count). The molecule has 0 aliphatic carbocycles. The number of carboxylic acid groups (broad SMARTS) is 1. The van der Waals surface area contributed by atoms with E-state index in [4.69, 9.17) is 5.11 Å². The molecule has 0 fully saturated rings. The number of nitro benzene ring substituents is 1. The molecule has 0 saturated carbocycles. The summed E-state index contributed by atoms with van der Waals surface area (Å²) in [6.45, 7) is 0. The Hall–Kier alpha value is -2.06. The second-order valence-electron chi connectivity index (χ2n) is 3.54. The SMILES string of the molecule is O=C(O)CC(O)C(O)c1cccc(F)c1[N+](=O)[O-]. The average Bonchev–Trinajstić information content (AvgIpc) is 2.26. The van der Waals surface area contributed by atoms with Crippen LogP contribution in [-0.4, -0.2) is 32.3 Å². The second-order valence-corrected chi connectivity index (χ2v) is 3.54. The summed E-state index contributed by atoms with van der Waals surface area (Å²) in [5.74, 6) is -2.56. The first-order valence-electron chi connectivity index (χ1n) is 4.85. The summed E-state index contributed by atoms with van der Waals surface area (Å²) in [6, 6.07) is 3.00. The van der Waals surface area contributed by atoms with Crippen molar-refractivity contribution in [2.75, 3.05) is 0 Å². The molecule has 8 heteroatoms. The Morgan fingerprint density at radius 2 is 2.06 bits per heavy atom. The highest BCUT2D eigenvalue weighted by Gasteiger charge is 2.30. The topological polar surface area (TPSA) is 121 Å². The van der Waals surface area contributed by atoms with E-state index >= 15 is 0 Å². The molecule has 0 aromatic heterocycles. The first kappa shape index (κ1) is 14.0. The molecule has 98 valence electrons. The van der Waals surface area contributed by atoms with E-state index in [1.54, 1.807) is 0 Å². The van der Waals surface area contributed by atoms with Crippen LogP contribution in [0.1, 0.15) is 18.1 Å². The highest BCUT2D eigenvalue weighted by Crippen LogP contribution is 2.30. The van der Waals surface area contributed by atoms with Gasteiger partial charge in [0.1, 0.15) is 6.10 Å². The van der Waals surface area contributed by atoms with Gasteiger partial charge in [0.05, 0.1) is 23.0 Å². The Labute approximate surface area is 100 Å². The number of halogens is 1. The summed E-state index contributed by atoms with van der Waals surface area (Å²) < 4.78 is 13.2. The Morgan fingerprint density at radius 1 is 1.44 bits per heavy atom. The van der Waals surface area contributed by atoms with Crippen molar-refractivity contribution in [1.29, 1.82) is 0 Å². The molecule has 18 heavy (non-hydrogen) atoms. The largest absolute Gasteiger partial charge is 0.481 e. The van der Waals surface area contributed by atoms with Crippen molar-refractivity contribution in [1.82, 2.24) is 0 Å². The number of aliphatic hydroxyl groups excluding tert-OH is 2. The molecule has 0 saturated heterocycles. The lowest BCUT2D eigenvalue weighted by atomic mass is 10.0. The van der Waals surface area contributed by atoms with E-state index < -0.39 is 46.6 Å². The van der Waals surface area contributed by atoms with Gasteiger partial charge in [0.25, 0.3) is 0 Å². The summed E-state index contributed by atoms with van der Waals surface area (Å²) >= 11 is 0. The molecule has 0 aliphatic heterocycles. The van der Waals surface area contributed by atoms with Crippen molar-refractivity contribution in [3.05, 3.63) is 39.7 Å². The fraction of sp³-hybridized carbons (Fsp3) is 0.300. The first-order valence-corrected chi connectivity index (χ1v) is 4.85. The Kier molecular flexibility index (Phi) is 4.29. The van der Waals surface area contributed by atoms with Crippen LogP contribution in [0, 0.1) is 15.9 Å². The maximum Gasteiger partial charge on any atom is 0.310 e. The molecule has 0 bridgehead atoms. The number of nitrogens with zero attached hydrogens (tertiary/aromatic N) is 1. The molecule has 1 aromatic carbocycles. The van der Waals surface area contributed by atoms with Crippen LogP contribution >= 0.6 is 0 Å². The Bertz CT molecular complexity index is 477. The molecule has 0 radical (unpaired) electrons. The highest BCUT2D eigenvalue weighted by molar-refractivity contribution is 5.67. The van der Waals surface area contributed by atoms with Gasteiger partial charge in [-0.15, -0.1) is 0 Å². The number of aliphatic hydroxyl groups is 2. The summed E-state index contributed by atoms with van der Waals surface area (Å²) in [5.41, 5.74) is -1.44. The van der Waals surface area contributed by atoms with Crippen molar-refractivity contribution >= 4 is 11.7 Å². The maximum atomic E-state index is 13.2. The van der Waals surface area contributed by atoms with Gasteiger partial charge in [-0.2, -0.15) is 4.39 Å². The highest BCUT2D eigenvalue weighted by atomic mass is 19.1. The second kappa shape index (κ2) is 5.52. The fourth-order valence-electron chi connectivity index (χ4n) is 1.46. The number of rotatable bonds is 5. The minimum atomic E-state index is -1.85. The van der Waals surface area contributed by atoms with Crippen LogP contribution in [0.25, 0.3) is 0 Å². The normalized spacial score (nSPS) is 13.9. The molecule has 2 atom stereocenters. The van der Waals surface area contributed by atoms with Crippen molar-refractivity contribution in [2.24, 2.45) is 0 Å². The van der Waals surface area contributed by atoms with Crippen molar-refractivity contribution in [3.8, 4) is 0 Å². The van der Waals surface area contributed by atoms with E-state index in [2.05, 4.69) is 0 Å². The monoisotopic (exact) mass is 259 g/mol. The zero-order chi connectivity index (χ0) is 13.9. The van der Waals surface area contributed by atoms with Gasteiger partial charge < -0.3 is 15.3 Å². The number of carbonyl (C=O) groups is 1. The number of carboxylic acids is 1. The zero-order valence-electron chi connectivity index (χ0n) is 8.99. The third-order valence-electron chi connectivity index (χ3n) is 2.27. The summed E-state index contributed by atoms with van der Waals surface area (Å²) in [4.78, 5) is 20.0. The van der Waals surface area contributed by atoms with E-state index in [9.17, 15) is 29.5 Å². The molecule has 2 unspecified atom stereocenters. The predicted molar refractivity (Wildman–Crippen MR) is 56.3 cm³/mol. The maximum absolute atomic E-state index is 13.2. The summed E-state index contributed by atoms with van der Waals surface area (Å²) in [5, 5.41) is 38.1. The standard InChI is InChI=1S/C10H10FNO6/c11-6-3-1-2-5(9(6)12(17)18)10(16)7(13)4-8(14)15/h1-3,7,10,13,16H,4H2,(H,14,15). The lowest BCUT2D eigenvalue weighted by Crippen LogP contribution is -2.22. The lowest BCUT2D eigenvalue weighted by Gasteiger charge is -2.16. The zero-order valence-corrected chi connectivity index (χ0v) is 8.99. The van der Waals surface area contributed by atoms with E-state index in [-0.39, 0.29) is 0 Å². The van der Waals surface area contributed by atoms with Crippen LogP contribution in [0.3, 0.4) is 0 Å². The van der Waals surface area contributed by atoms with Gasteiger partial charge in [0.2, 0.25) is 5.82 Å². The molecular formula is C10H10FNO6. The summed E-state index contributed by atoms with van der Waals surface area (Å²) in [7, 11) is 0. The molecule has 7 nitrogen and oxygen atoms in total. The van der Waals surface area contributed by atoms with E-state index in [1.165, 1.54) is 0 Å². The van der Waals surface area contributed by atoms with Gasteiger partial charge >= 0.3 is 11.7 Å². The lowest BCUT2D eigenvalue weighted by molar-refractivity contribution is -0.389. The van der Waals surface area contributed by atoms with Gasteiger partial charge in [-0.3, -0.25) is 14.9 Å². The summed E-state index contributed by atoms with van der Waals surface area (Å²) in [6.07, 6.45) is -4.42. The molecule has 0 amide bonds. The molecule has 3 N–H and O–H groups in total. The van der Waals surface area contributed by atoms with E-state index in [0.717, 1.165) is 18.2 Å². The fourth-order valence-corrected chi connectivity index (χ4v) is 1.46. The molecule has 1 aromatic rings. The van der Waals surface area contributed by atoms with Crippen LogP contribution in [-0.2, 0) is 4.79 Å². The van der Waals surface area contributed by atoms with Crippen molar-refractivity contribution < 1.29 is 29.4 Å². The Balaban J connectivity index is 3.12. The van der Waals surface area contributed by atoms with Crippen LogP contribution in [0.4, 0.5) is 10.1 Å². The molecule has 0 aliphatic rings.